The fourth-order valence-electron chi connectivity index (χ4n) is 3.80. The summed E-state index contributed by atoms with van der Waals surface area (Å²) in [5.41, 5.74) is 2.28. The van der Waals surface area contributed by atoms with E-state index in [0.717, 1.165) is 40.8 Å². The Bertz CT molecular complexity index is 861. The first-order valence-electron chi connectivity index (χ1n) is 8.88. The van der Waals surface area contributed by atoms with Crippen molar-refractivity contribution in [2.24, 2.45) is 7.05 Å². The summed E-state index contributed by atoms with van der Waals surface area (Å²) in [7, 11) is 1.92. The molecule has 3 aromatic rings. The van der Waals surface area contributed by atoms with Gasteiger partial charge >= 0.3 is 0 Å². The molecule has 1 saturated heterocycles. The number of aryl methyl sites for hydroxylation is 2. The monoisotopic (exact) mass is 399 g/mol. The molecule has 1 aliphatic heterocycles. The van der Waals surface area contributed by atoms with Gasteiger partial charge in [0.05, 0.1) is 5.39 Å². The van der Waals surface area contributed by atoms with Crippen LogP contribution < -0.4 is 4.90 Å². The van der Waals surface area contributed by atoms with Crippen LogP contribution >= 0.6 is 15.9 Å². The molecule has 0 radical (unpaired) electrons. The van der Waals surface area contributed by atoms with E-state index in [0.29, 0.717) is 6.04 Å². The molecule has 25 heavy (non-hydrogen) atoms. The molecule has 130 valence electrons. The number of benzene rings is 1. The van der Waals surface area contributed by atoms with Crippen LogP contribution in [0, 0.1) is 0 Å². The molecule has 1 atom stereocenters. The van der Waals surface area contributed by atoms with Gasteiger partial charge in [-0.25, -0.2) is 14.6 Å². The lowest BCUT2D eigenvalue weighted by Crippen LogP contribution is -2.40. The summed E-state index contributed by atoms with van der Waals surface area (Å²) < 4.78 is 2.64. The highest BCUT2D eigenvalue weighted by Crippen LogP contribution is 2.34. The van der Waals surface area contributed by atoms with Gasteiger partial charge in [0.25, 0.3) is 0 Å². The largest absolute Gasteiger partial charge is 0.353 e. The second kappa shape index (κ2) is 7.12. The van der Waals surface area contributed by atoms with E-state index in [2.05, 4.69) is 66.2 Å². The van der Waals surface area contributed by atoms with E-state index in [4.69, 9.17) is 0 Å². The SMILES string of the molecule is Cn1nc(Br)c2c(N3CCCCC3CCc3ccccc3)ncnc21. The Kier molecular flexibility index (Phi) is 4.70. The van der Waals surface area contributed by atoms with Crippen molar-refractivity contribution in [1.29, 1.82) is 0 Å². The number of anilines is 1. The number of hydrogen-bond acceptors (Lipinski definition) is 4. The van der Waals surface area contributed by atoms with Crippen molar-refractivity contribution in [2.75, 3.05) is 11.4 Å². The highest BCUT2D eigenvalue weighted by atomic mass is 79.9. The molecule has 0 bridgehead atoms. The van der Waals surface area contributed by atoms with Crippen molar-refractivity contribution in [1.82, 2.24) is 19.7 Å². The van der Waals surface area contributed by atoms with Gasteiger partial charge in [-0.3, -0.25) is 0 Å². The summed E-state index contributed by atoms with van der Waals surface area (Å²) in [5, 5.41) is 5.49. The van der Waals surface area contributed by atoms with Crippen molar-refractivity contribution in [3.63, 3.8) is 0 Å². The minimum atomic E-state index is 0.513. The van der Waals surface area contributed by atoms with E-state index in [9.17, 15) is 0 Å². The Hall–Kier alpha value is -1.95. The van der Waals surface area contributed by atoms with Gasteiger partial charge in [0.1, 0.15) is 16.7 Å². The zero-order valence-corrected chi connectivity index (χ0v) is 16.0. The van der Waals surface area contributed by atoms with Crippen LogP contribution in [0.25, 0.3) is 11.0 Å². The average Bonchev–Trinajstić information content (AvgIpc) is 2.95. The van der Waals surface area contributed by atoms with Crippen LogP contribution in [0.15, 0.2) is 41.3 Å². The molecule has 5 nitrogen and oxygen atoms in total. The molecule has 6 heteroatoms. The molecule has 0 N–H and O–H groups in total. The first-order chi connectivity index (χ1) is 12.2. The summed E-state index contributed by atoms with van der Waals surface area (Å²) in [4.78, 5) is 11.5. The lowest BCUT2D eigenvalue weighted by Gasteiger charge is -2.37. The van der Waals surface area contributed by atoms with E-state index in [1.54, 1.807) is 6.33 Å². The van der Waals surface area contributed by atoms with Gasteiger partial charge in [0.2, 0.25) is 0 Å². The van der Waals surface area contributed by atoms with Gasteiger partial charge in [-0.2, -0.15) is 5.10 Å². The van der Waals surface area contributed by atoms with Crippen LogP contribution in [0.4, 0.5) is 5.82 Å². The quantitative estimate of drug-likeness (QED) is 0.661. The zero-order chi connectivity index (χ0) is 17.2. The molecule has 0 amide bonds. The maximum Gasteiger partial charge on any atom is 0.164 e. The van der Waals surface area contributed by atoms with E-state index >= 15 is 0 Å². The molecular weight excluding hydrogens is 378 g/mol. The first-order valence-corrected chi connectivity index (χ1v) is 9.67. The molecule has 4 rings (SSSR count). The van der Waals surface area contributed by atoms with Gasteiger partial charge in [-0.15, -0.1) is 0 Å². The Labute approximate surface area is 156 Å². The number of hydrogen-bond donors (Lipinski definition) is 0. The summed E-state index contributed by atoms with van der Waals surface area (Å²) >= 11 is 3.59. The molecule has 0 spiro atoms. The lowest BCUT2D eigenvalue weighted by molar-refractivity contribution is 0.436. The smallest absolute Gasteiger partial charge is 0.164 e. The highest BCUT2D eigenvalue weighted by molar-refractivity contribution is 9.10. The van der Waals surface area contributed by atoms with Crippen LogP contribution in [-0.2, 0) is 13.5 Å². The average molecular weight is 400 g/mol. The molecule has 1 fully saturated rings. The minimum Gasteiger partial charge on any atom is -0.353 e. The third-order valence-corrected chi connectivity index (χ3v) is 5.62. The summed E-state index contributed by atoms with van der Waals surface area (Å²) in [5.74, 6) is 1.02. The number of halogens is 1. The second-order valence-corrected chi connectivity index (χ2v) is 7.43. The van der Waals surface area contributed by atoms with Gasteiger partial charge in [0.15, 0.2) is 5.65 Å². The van der Waals surface area contributed by atoms with E-state index in [1.165, 1.54) is 24.8 Å². The van der Waals surface area contributed by atoms with Crippen LogP contribution in [0.2, 0.25) is 0 Å². The van der Waals surface area contributed by atoms with Gasteiger partial charge < -0.3 is 4.90 Å². The van der Waals surface area contributed by atoms with Crippen LogP contribution in [0.1, 0.15) is 31.2 Å². The van der Waals surface area contributed by atoms with Gasteiger partial charge in [-0.1, -0.05) is 30.3 Å². The number of rotatable bonds is 4. The van der Waals surface area contributed by atoms with Crippen molar-refractivity contribution in [3.8, 4) is 0 Å². The maximum atomic E-state index is 4.64. The minimum absolute atomic E-state index is 0.513. The molecule has 2 aromatic heterocycles. The predicted octanol–water partition coefficient (Wildman–Crippen LogP) is 4.12. The second-order valence-electron chi connectivity index (χ2n) is 6.68. The normalized spacial score (nSPS) is 18.0. The maximum absolute atomic E-state index is 4.64. The number of aromatic nitrogens is 4. The highest BCUT2D eigenvalue weighted by Gasteiger charge is 2.27. The Morgan fingerprint density at radius 2 is 2.00 bits per heavy atom. The first kappa shape index (κ1) is 16.5. The fourth-order valence-corrected chi connectivity index (χ4v) is 4.39. The molecule has 3 heterocycles. The molecule has 0 aliphatic carbocycles. The van der Waals surface area contributed by atoms with Gasteiger partial charge in [0, 0.05) is 19.6 Å². The fraction of sp³-hybridized carbons (Fsp3) is 0.421. The Balaban J connectivity index is 1.63. The van der Waals surface area contributed by atoms with Crippen molar-refractivity contribution >= 4 is 32.8 Å². The summed E-state index contributed by atoms with van der Waals surface area (Å²) in [6.07, 6.45) is 7.63. The predicted molar refractivity (Wildman–Crippen MR) is 104 cm³/mol. The number of fused-ring (bicyclic) bond motifs is 1. The van der Waals surface area contributed by atoms with Crippen molar-refractivity contribution < 1.29 is 0 Å². The standard InChI is InChI=1S/C19H22BrN5/c1-24-18-16(17(20)23-24)19(22-13-21-18)25-12-6-5-9-15(25)11-10-14-7-3-2-4-8-14/h2-4,7-8,13,15H,5-6,9-12H2,1H3. The van der Waals surface area contributed by atoms with E-state index in [1.807, 2.05) is 11.7 Å². The molecule has 1 unspecified atom stereocenters. The van der Waals surface area contributed by atoms with Crippen LogP contribution in [0.3, 0.4) is 0 Å². The third kappa shape index (κ3) is 3.27. The van der Waals surface area contributed by atoms with E-state index < -0.39 is 0 Å². The van der Waals surface area contributed by atoms with Crippen molar-refractivity contribution in [3.05, 3.63) is 46.8 Å². The van der Waals surface area contributed by atoms with Crippen LogP contribution in [0.5, 0.6) is 0 Å². The Morgan fingerprint density at radius 1 is 1.16 bits per heavy atom. The third-order valence-electron chi connectivity index (χ3n) is 5.07. The molecular formula is C19H22BrN5. The van der Waals surface area contributed by atoms with Crippen molar-refractivity contribution in [2.45, 2.75) is 38.1 Å². The Morgan fingerprint density at radius 3 is 2.84 bits per heavy atom. The van der Waals surface area contributed by atoms with Gasteiger partial charge in [-0.05, 0) is 53.6 Å². The molecule has 1 aromatic carbocycles. The number of nitrogens with zero attached hydrogens (tertiary/aromatic N) is 5. The molecule has 0 saturated carbocycles. The summed E-state index contributed by atoms with van der Waals surface area (Å²) in [6.45, 7) is 1.05. The topological polar surface area (TPSA) is 46.8 Å². The lowest BCUT2D eigenvalue weighted by atomic mass is 9.95. The summed E-state index contributed by atoms with van der Waals surface area (Å²) in [6, 6.07) is 11.3. The van der Waals surface area contributed by atoms with Crippen LogP contribution in [-0.4, -0.2) is 32.3 Å². The van der Waals surface area contributed by atoms with E-state index in [-0.39, 0.29) is 0 Å². The number of piperidine rings is 1. The zero-order valence-electron chi connectivity index (χ0n) is 14.4. The molecule has 1 aliphatic rings.